The van der Waals surface area contributed by atoms with Crippen LogP contribution in [0.25, 0.3) is 10.8 Å². The molecule has 2 aromatic carbocycles. The van der Waals surface area contributed by atoms with E-state index in [2.05, 4.69) is 28.6 Å². The van der Waals surface area contributed by atoms with Crippen molar-refractivity contribution in [3.05, 3.63) is 72.1 Å². The number of nitrogens with two attached hydrogens (primary N) is 1. The molecule has 6 heteroatoms. The zero-order chi connectivity index (χ0) is 18.9. The first kappa shape index (κ1) is 18.0. The summed E-state index contributed by atoms with van der Waals surface area (Å²) in [5, 5.41) is 8.46. The van der Waals surface area contributed by atoms with Crippen molar-refractivity contribution in [2.24, 2.45) is 5.73 Å². The van der Waals surface area contributed by atoms with Crippen molar-refractivity contribution in [3.8, 4) is 0 Å². The lowest BCUT2D eigenvalue weighted by Crippen LogP contribution is -2.52. The number of thioether (sulfide) groups is 1. The topological polar surface area (TPSA) is 80.0 Å². The van der Waals surface area contributed by atoms with Crippen LogP contribution in [0.2, 0.25) is 0 Å². The van der Waals surface area contributed by atoms with E-state index in [1.54, 1.807) is 24.2 Å². The van der Waals surface area contributed by atoms with Crippen LogP contribution in [0, 0.1) is 0 Å². The second kappa shape index (κ2) is 7.31. The minimum atomic E-state index is -0.230. The van der Waals surface area contributed by atoms with Crippen LogP contribution in [0.5, 0.6) is 0 Å². The summed E-state index contributed by atoms with van der Waals surface area (Å²) < 4.78 is 0. The Morgan fingerprint density at radius 3 is 3.00 bits per heavy atom. The van der Waals surface area contributed by atoms with Crippen molar-refractivity contribution in [2.45, 2.75) is 24.4 Å². The van der Waals surface area contributed by atoms with Gasteiger partial charge >= 0.3 is 0 Å². The maximum absolute atomic E-state index is 12.9. The van der Waals surface area contributed by atoms with Gasteiger partial charge in [0.15, 0.2) is 0 Å². The van der Waals surface area contributed by atoms with Crippen molar-refractivity contribution in [3.63, 3.8) is 0 Å². The number of carbonyl (C=O) groups excluding carboxylic acids is 1. The Morgan fingerprint density at radius 2 is 2.15 bits per heavy atom. The lowest BCUT2D eigenvalue weighted by atomic mass is 9.88. The van der Waals surface area contributed by atoms with E-state index in [1.165, 1.54) is 0 Å². The molecule has 0 spiro atoms. The highest BCUT2D eigenvalue weighted by atomic mass is 32.2. The van der Waals surface area contributed by atoms with E-state index in [-0.39, 0.29) is 16.9 Å². The fourth-order valence-corrected chi connectivity index (χ4v) is 4.60. The van der Waals surface area contributed by atoms with Crippen molar-refractivity contribution in [2.75, 3.05) is 11.1 Å². The standard InChI is InChI=1S/C21H22N4OS/c1-21(9-11-27-20(22)25-21)16-6-2-4-14(12-16)19(26)24-18-7-3-5-15-13-23-10-8-17(15)18/h2-8,10,12-13,20,25H,9,11,22H2,1H3,(H,24,26). The minimum absolute atomic E-state index is 0.0921. The highest BCUT2D eigenvalue weighted by molar-refractivity contribution is 7.99. The minimum Gasteiger partial charge on any atom is -0.321 e. The molecule has 1 fully saturated rings. The number of nitrogens with one attached hydrogen (secondary N) is 2. The predicted molar refractivity (Wildman–Crippen MR) is 112 cm³/mol. The SMILES string of the molecule is CC1(c2cccc(C(=O)Nc3cccc4cnccc34)c2)CCSC(N)N1. The molecule has 4 N–H and O–H groups in total. The fraction of sp³-hybridized carbons (Fsp3) is 0.238. The van der Waals surface area contributed by atoms with Gasteiger partial charge in [-0.15, -0.1) is 11.8 Å². The lowest BCUT2D eigenvalue weighted by molar-refractivity contribution is 0.102. The van der Waals surface area contributed by atoms with E-state index in [1.807, 2.05) is 42.5 Å². The number of hydrogen-bond acceptors (Lipinski definition) is 5. The number of pyridine rings is 1. The maximum atomic E-state index is 12.9. The van der Waals surface area contributed by atoms with Gasteiger partial charge in [0.25, 0.3) is 5.91 Å². The Hall–Kier alpha value is -2.41. The maximum Gasteiger partial charge on any atom is 0.255 e. The average Bonchev–Trinajstić information content (AvgIpc) is 2.68. The van der Waals surface area contributed by atoms with Crippen LogP contribution in [0.4, 0.5) is 5.69 Å². The van der Waals surface area contributed by atoms with Crippen LogP contribution in [0.1, 0.15) is 29.3 Å². The van der Waals surface area contributed by atoms with Crippen LogP contribution >= 0.6 is 11.8 Å². The van der Waals surface area contributed by atoms with Crippen molar-refractivity contribution in [1.82, 2.24) is 10.3 Å². The van der Waals surface area contributed by atoms with E-state index in [4.69, 9.17) is 5.73 Å². The molecule has 1 aromatic heterocycles. The molecule has 2 heterocycles. The molecule has 2 unspecified atom stereocenters. The quantitative estimate of drug-likeness (QED) is 0.648. The summed E-state index contributed by atoms with van der Waals surface area (Å²) >= 11 is 1.71. The van der Waals surface area contributed by atoms with Gasteiger partial charge in [0.2, 0.25) is 0 Å². The highest BCUT2D eigenvalue weighted by Gasteiger charge is 2.32. The summed E-state index contributed by atoms with van der Waals surface area (Å²) in [6.07, 6.45) is 4.49. The molecular weight excluding hydrogens is 356 g/mol. The number of benzene rings is 2. The van der Waals surface area contributed by atoms with Crippen LogP contribution < -0.4 is 16.4 Å². The molecule has 4 rings (SSSR count). The molecule has 0 saturated carbocycles. The van der Waals surface area contributed by atoms with Gasteiger partial charge in [-0.25, -0.2) is 0 Å². The Morgan fingerprint density at radius 1 is 1.30 bits per heavy atom. The van der Waals surface area contributed by atoms with Crippen LogP contribution in [-0.4, -0.2) is 22.1 Å². The first-order valence-electron chi connectivity index (χ1n) is 8.95. The highest BCUT2D eigenvalue weighted by Crippen LogP contribution is 2.32. The third-order valence-corrected chi connectivity index (χ3v) is 5.97. The lowest BCUT2D eigenvalue weighted by Gasteiger charge is -2.38. The molecule has 0 aliphatic carbocycles. The summed E-state index contributed by atoms with van der Waals surface area (Å²) in [6.45, 7) is 2.14. The predicted octanol–water partition coefficient (Wildman–Crippen LogP) is 3.67. The van der Waals surface area contributed by atoms with E-state index < -0.39 is 0 Å². The van der Waals surface area contributed by atoms with Crippen molar-refractivity contribution >= 4 is 34.1 Å². The molecule has 2 atom stereocenters. The molecule has 0 bridgehead atoms. The van der Waals surface area contributed by atoms with E-state index in [9.17, 15) is 4.79 Å². The largest absolute Gasteiger partial charge is 0.321 e. The average molecular weight is 379 g/mol. The van der Waals surface area contributed by atoms with Crippen LogP contribution in [0.15, 0.2) is 60.9 Å². The van der Waals surface area contributed by atoms with Gasteiger partial charge in [-0.1, -0.05) is 24.3 Å². The van der Waals surface area contributed by atoms with Crippen LogP contribution in [-0.2, 0) is 5.54 Å². The van der Waals surface area contributed by atoms with Crippen molar-refractivity contribution in [1.29, 1.82) is 0 Å². The van der Waals surface area contributed by atoms with E-state index in [0.717, 1.165) is 34.2 Å². The fourth-order valence-electron chi connectivity index (χ4n) is 3.48. The zero-order valence-electron chi connectivity index (χ0n) is 15.1. The molecule has 1 amide bonds. The Kier molecular flexibility index (Phi) is 4.86. The van der Waals surface area contributed by atoms with Gasteiger partial charge in [0, 0.05) is 40.0 Å². The molecule has 1 aliphatic heterocycles. The van der Waals surface area contributed by atoms with Gasteiger partial charge < -0.3 is 11.1 Å². The Labute approximate surface area is 162 Å². The summed E-state index contributed by atoms with van der Waals surface area (Å²) in [5.41, 5.74) is 8.24. The zero-order valence-corrected chi connectivity index (χ0v) is 15.9. The van der Waals surface area contributed by atoms with Gasteiger partial charge in [-0.05, 0) is 48.9 Å². The summed E-state index contributed by atoms with van der Waals surface area (Å²) in [5.74, 6) is 0.866. The molecule has 1 aliphatic rings. The number of amides is 1. The van der Waals surface area contributed by atoms with E-state index >= 15 is 0 Å². The van der Waals surface area contributed by atoms with Gasteiger partial charge in [-0.2, -0.15) is 0 Å². The molecule has 0 radical (unpaired) electrons. The number of carbonyl (C=O) groups is 1. The Bertz CT molecular complexity index is 987. The molecule has 3 aromatic rings. The molecule has 1 saturated heterocycles. The smallest absolute Gasteiger partial charge is 0.255 e. The monoisotopic (exact) mass is 378 g/mol. The number of rotatable bonds is 3. The molecular formula is C21H22N4OS. The first-order chi connectivity index (χ1) is 13.0. The molecule has 5 nitrogen and oxygen atoms in total. The molecule has 138 valence electrons. The third kappa shape index (κ3) is 3.69. The normalized spacial score (nSPS) is 22.5. The number of nitrogens with zero attached hydrogens (tertiary/aromatic N) is 1. The second-order valence-corrected chi connectivity index (χ2v) is 8.20. The summed E-state index contributed by atoms with van der Waals surface area (Å²) in [6, 6.07) is 15.5. The van der Waals surface area contributed by atoms with Crippen molar-refractivity contribution < 1.29 is 4.79 Å². The number of anilines is 1. The third-order valence-electron chi connectivity index (χ3n) is 5.05. The van der Waals surface area contributed by atoms with Gasteiger partial charge in [0.1, 0.15) is 5.50 Å². The summed E-state index contributed by atoms with van der Waals surface area (Å²) in [4.78, 5) is 17.0. The van der Waals surface area contributed by atoms with Crippen LogP contribution in [0.3, 0.4) is 0 Å². The van der Waals surface area contributed by atoms with Gasteiger partial charge in [0.05, 0.1) is 0 Å². The van der Waals surface area contributed by atoms with E-state index in [0.29, 0.717) is 5.56 Å². The number of aromatic nitrogens is 1. The second-order valence-electron chi connectivity index (χ2n) is 6.96. The molecule has 27 heavy (non-hydrogen) atoms. The van der Waals surface area contributed by atoms with Gasteiger partial charge in [-0.3, -0.25) is 15.1 Å². The number of fused-ring (bicyclic) bond motifs is 1. The first-order valence-corrected chi connectivity index (χ1v) is 10.00. The number of hydrogen-bond donors (Lipinski definition) is 3. The summed E-state index contributed by atoms with van der Waals surface area (Å²) in [7, 11) is 0. The Balaban J connectivity index is 1.61.